The predicted octanol–water partition coefficient (Wildman–Crippen LogP) is 2.98. The fraction of sp³-hybridized carbons (Fsp3) is 0.0556. The molecule has 0 saturated heterocycles. The lowest BCUT2D eigenvalue weighted by Gasteiger charge is -2.20. The largest absolute Gasteiger partial charge is 0.352 e. The zero-order valence-corrected chi connectivity index (χ0v) is 13.5. The molecule has 0 aliphatic carbocycles. The van der Waals surface area contributed by atoms with Gasteiger partial charge < -0.3 is 11.1 Å². The second-order valence-corrected chi connectivity index (χ2v) is 7.35. The van der Waals surface area contributed by atoms with Crippen molar-refractivity contribution in [2.24, 2.45) is 5.73 Å². The minimum atomic E-state index is -3.85. The predicted molar refractivity (Wildman–Crippen MR) is 93.0 cm³/mol. The smallest absolute Gasteiger partial charge is 0.313 e. The maximum atomic E-state index is 13.0. The molecular weight excluding hydrogens is 324 g/mol. The highest BCUT2D eigenvalue weighted by molar-refractivity contribution is 7.91. The first-order valence-electron chi connectivity index (χ1n) is 7.33. The number of nitrogens with two attached hydrogens (primary N) is 1. The number of rotatable bonds is 4. The van der Waals surface area contributed by atoms with E-state index in [2.05, 4.69) is 5.32 Å². The van der Waals surface area contributed by atoms with E-state index in [4.69, 9.17) is 5.73 Å². The molecular formula is C18H16N2O3S. The van der Waals surface area contributed by atoms with Gasteiger partial charge in [-0.2, -0.15) is 0 Å². The van der Waals surface area contributed by atoms with Crippen LogP contribution in [0, 0.1) is 0 Å². The minimum Gasteiger partial charge on any atom is -0.352 e. The molecule has 0 spiro atoms. The highest BCUT2D eigenvalue weighted by atomic mass is 32.2. The van der Waals surface area contributed by atoms with Crippen LogP contribution in [0.1, 0.15) is 10.9 Å². The summed E-state index contributed by atoms with van der Waals surface area (Å²) in [6.07, 6.45) is 0. The van der Waals surface area contributed by atoms with E-state index in [1.54, 1.807) is 30.3 Å². The third-order valence-electron chi connectivity index (χ3n) is 3.76. The maximum Gasteiger partial charge on any atom is 0.313 e. The van der Waals surface area contributed by atoms with Crippen molar-refractivity contribution in [3.63, 3.8) is 0 Å². The molecule has 0 radical (unpaired) electrons. The van der Waals surface area contributed by atoms with Crippen LogP contribution in [0.5, 0.6) is 0 Å². The SMILES string of the molecule is NC(=O)NC(c1cccc2ccccc12)S(=O)(=O)c1ccccc1. The molecule has 0 fully saturated rings. The number of carbonyl (C=O) groups excluding carboxylic acids is 1. The molecule has 3 rings (SSSR count). The van der Waals surface area contributed by atoms with Gasteiger partial charge in [0.15, 0.2) is 5.37 Å². The summed E-state index contributed by atoms with van der Waals surface area (Å²) in [5, 5.41) is 2.75. The highest BCUT2D eigenvalue weighted by Gasteiger charge is 2.31. The van der Waals surface area contributed by atoms with Crippen molar-refractivity contribution in [2.45, 2.75) is 10.3 Å². The Morgan fingerprint density at radius 2 is 1.50 bits per heavy atom. The summed E-state index contributed by atoms with van der Waals surface area (Å²) in [6, 6.07) is 19.8. The molecule has 1 atom stereocenters. The number of urea groups is 1. The average Bonchev–Trinajstić information content (AvgIpc) is 2.60. The molecule has 3 aromatic rings. The standard InChI is InChI=1S/C18H16N2O3S/c19-18(21)20-17(24(22,23)14-9-2-1-3-10-14)16-12-6-8-13-7-4-5-11-15(13)16/h1-12,17H,(H3,19,20,21). The number of hydrogen-bond donors (Lipinski definition) is 2. The molecule has 0 aromatic heterocycles. The Labute approximate surface area is 140 Å². The molecule has 0 bridgehead atoms. The fourth-order valence-corrected chi connectivity index (χ4v) is 4.30. The molecule has 3 N–H and O–H groups in total. The molecule has 0 aliphatic rings. The lowest BCUT2D eigenvalue weighted by molar-refractivity contribution is 0.248. The van der Waals surface area contributed by atoms with E-state index < -0.39 is 21.2 Å². The van der Waals surface area contributed by atoms with E-state index in [1.807, 2.05) is 30.3 Å². The fourth-order valence-electron chi connectivity index (χ4n) is 2.68. The molecule has 6 heteroatoms. The van der Waals surface area contributed by atoms with Gasteiger partial charge in [-0.15, -0.1) is 0 Å². The van der Waals surface area contributed by atoms with Gasteiger partial charge in [-0.25, -0.2) is 13.2 Å². The molecule has 2 amide bonds. The van der Waals surface area contributed by atoms with Gasteiger partial charge in [0.2, 0.25) is 9.84 Å². The Morgan fingerprint density at radius 1 is 0.875 bits per heavy atom. The van der Waals surface area contributed by atoms with Crippen molar-refractivity contribution >= 4 is 26.6 Å². The van der Waals surface area contributed by atoms with Crippen LogP contribution >= 0.6 is 0 Å². The molecule has 5 nitrogen and oxygen atoms in total. The van der Waals surface area contributed by atoms with Crippen molar-refractivity contribution < 1.29 is 13.2 Å². The Hall–Kier alpha value is -2.86. The van der Waals surface area contributed by atoms with E-state index in [0.29, 0.717) is 5.56 Å². The third-order valence-corrected chi connectivity index (χ3v) is 5.68. The van der Waals surface area contributed by atoms with Crippen molar-refractivity contribution in [2.75, 3.05) is 0 Å². The second kappa shape index (κ2) is 6.33. The van der Waals surface area contributed by atoms with Crippen LogP contribution in [0.15, 0.2) is 77.7 Å². The number of amides is 2. The Morgan fingerprint density at radius 3 is 2.21 bits per heavy atom. The van der Waals surface area contributed by atoms with E-state index >= 15 is 0 Å². The number of sulfone groups is 1. The van der Waals surface area contributed by atoms with Gasteiger partial charge in [0.05, 0.1) is 4.90 Å². The van der Waals surface area contributed by atoms with Gasteiger partial charge in [0, 0.05) is 0 Å². The molecule has 24 heavy (non-hydrogen) atoms. The van der Waals surface area contributed by atoms with Gasteiger partial charge in [0.25, 0.3) is 0 Å². The number of primary amides is 1. The first kappa shape index (κ1) is 16.0. The monoisotopic (exact) mass is 340 g/mol. The number of nitrogens with one attached hydrogen (secondary N) is 1. The number of fused-ring (bicyclic) bond motifs is 1. The molecule has 122 valence electrons. The topological polar surface area (TPSA) is 89.3 Å². The molecule has 0 saturated carbocycles. The summed E-state index contributed by atoms with van der Waals surface area (Å²) in [5.41, 5.74) is 5.72. The minimum absolute atomic E-state index is 0.122. The van der Waals surface area contributed by atoms with Crippen LogP contribution in [0.2, 0.25) is 0 Å². The lowest BCUT2D eigenvalue weighted by atomic mass is 10.0. The highest BCUT2D eigenvalue weighted by Crippen LogP contribution is 2.31. The van der Waals surface area contributed by atoms with Gasteiger partial charge in [-0.1, -0.05) is 60.7 Å². The van der Waals surface area contributed by atoms with Gasteiger partial charge in [-0.3, -0.25) is 0 Å². The van der Waals surface area contributed by atoms with Crippen molar-refractivity contribution in [1.29, 1.82) is 0 Å². The molecule has 0 heterocycles. The van der Waals surface area contributed by atoms with Gasteiger partial charge in [-0.05, 0) is 28.5 Å². The third kappa shape index (κ3) is 2.96. The summed E-state index contributed by atoms with van der Waals surface area (Å²) in [7, 11) is -3.85. The van der Waals surface area contributed by atoms with Crippen LogP contribution in [-0.2, 0) is 9.84 Å². The van der Waals surface area contributed by atoms with E-state index in [9.17, 15) is 13.2 Å². The van der Waals surface area contributed by atoms with Crippen LogP contribution in [0.3, 0.4) is 0 Å². The first-order chi connectivity index (χ1) is 11.5. The summed E-state index contributed by atoms with van der Waals surface area (Å²) in [5.74, 6) is 0. The van der Waals surface area contributed by atoms with Crippen molar-refractivity contribution in [1.82, 2.24) is 5.32 Å². The van der Waals surface area contributed by atoms with Crippen LogP contribution < -0.4 is 11.1 Å². The summed E-state index contributed by atoms with van der Waals surface area (Å²) >= 11 is 0. The number of carbonyl (C=O) groups is 1. The first-order valence-corrected chi connectivity index (χ1v) is 8.87. The van der Waals surface area contributed by atoms with Crippen LogP contribution in [0.25, 0.3) is 10.8 Å². The number of benzene rings is 3. The Kier molecular flexibility index (Phi) is 4.22. The van der Waals surface area contributed by atoms with E-state index in [1.165, 1.54) is 12.1 Å². The Bertz CT molecular complexity index is 980. The average molecular weight is 340 g/mol. The molecule has 0 aliphatic heterocycles. The summed E-state index contributed by atoms with van der Waals surface area (Å²) in [4.78, 5) is 11.6. The Balaban J connectivity index is 2.22. The summed E-state index contributed by atoms with van der Waals surface area (Å²) < 4.78 is 26.1. The lowest BCUT2D eigenvalue weighted by Crippen LogP contribution is -2.37. The quantitative estimate of drug-likeness (QED) is 0.765. The van der Waals surface area contributed by atoms with E-state index in [-0.39, 0.29) is 4.90 Å². The zero-order valence-electron chi connectivity index (χ0n) is 12.7. The van der Waals surface area contributed by atoms with Crippen LogP contribution in [-0.4, -0.2) is 14.4 Å². The maximum absolute atomic E-state index is 13.0. The van der Waals surface area contributed by atoms with Gasteiger partial charge in [0.1, 0.15) is 0 Å². The summed E-state index contributed by atoms with van der Waals surface area (Å²) in [6.45, 7) is 0. The number of hydrogen-bond acceptors (Lipinski definition) is 3. The molecule has 1 unspecified atom stereocenters. The normalized spacial score (nSPS) is 12.7. The van der Waals surface area contributed by atoms with Gasteiger partial charge >= 0.3 is 6.03 Å². The zero-order chi connectivity index (χ0) is 17.2. The molecule has 3 aromatic carbocycles. The van der Waals surface area contributed by atoms with Crippen molar-refractivity contribution in [3.8, 4) is 0 Å². The second-order valence-electron chi connectivity index (χ2n) is 5.32. The van der Waals surface area contributed by atoms with Crippen molar-refractivity contribution in [3.05, 3.63) is 78.4 Å². The van der Waals surface area contributed by atoms with E-state index in [0.717, 1.165) is 10.8 Å². The van der Waals surface area contributed by atoms with Crippen LogP contribution in [0.4, 0.5) is 4.79 Å².